The molecule has 0 aromatic carbocycles. The van der Waals surface area contributed by atoms with Crippen LogP contribution in [0, 0.1) is 0 Å². The second-order valence-electron chi connectivity index (χ2n) is 4.12. The fourth-order valence-corrected chi connectivity index (χ4v) is 1.53. The Morgan fingerprint density at radius 2 is 2.13 bits per heavy atom. The van der Waals surface area contributed by atoms with Gasteiger partial charge in [-0.15, -0.1) is 0 Å². The Bertz CT molecular complexity index is 271. The van der Waals surface area contributed by atoms with Crippen LogP contribution in [0.15, 0.2) is 0 Å². The second-order valence-corrected chi connectivity index (χ2v) is 4.12. The monoisotopic (exact) mass is 216 g/mol. The topological polar surface area (TPSA) is 92.9 Å². The normalized spacial score (nSPS) is 20.6. The van der Waals surface area contributed by atoms with Gasteiger partial charge in [0.25, 0.3) is 0 Å². The number of carbonyl (C=O) groups excluding carboxylic acids is 1. The van der Waals surface area contributed by atoms with E-state index in [4.69, 9.17) is 15.6 Å². The van der Waals surface area contributed by atoms with Gasteiger partial charge < -0.3 is 20.5 Å². The molecule has 0 aromatic heterocycles. The van der Waals surface area contributed by atoms with Gasteiger partial charge in [0.1, 0.15) is 12.2 Å². The molecule has 0 aromatic rings. The maximum atomic E-state index is 11.4. The number of hydrogen-bond acceptors (Lipinski definition) is 4. The minimum atomic E-state index is -1.01. The molecule has 86 valence electrons. The Hall–Kier alpha value is -1.14. The summed E-state index contributed by atoms with van der Waals surface area (Å²) in [6.45, 7) is 3.87. The molecule has 6 nitrogen and oxygen atoms in total. The zero-order chi connectivity index (χ0) is 11.6. The van der Waals surface area contributed by atoms with Crippen LogP contribution in [0.5, 0.6) is 0 Å². The fourth-order valence-electron chi connectivity index (χ4n) is 1.53. The van der Waals surface area contributed by atoms with Crippen LogP contribution in [-0.2, 0) is 14.3 Å². The van der Waals surface area contributed by atoms with Crippen molar-refractivity contribution < 1.29 is 19.4 Å². The summed E-state index contributed by atoms with van der Waals surface area (Å²) in [6.07, 6.45) is 0. The molecular weight excluding hydrogens is 200 g/mol. The Kier molecular flexibility index (Phi) is 3.31. The van der Waals surface area contributed by atoms with E-state index in [9.17, 15) is 9.59 Å². The van der Waals surface area contributed by atoms with E-state index < -0.39 is 17.6 Å². The van der Waals surface area contributed by atoms with Crippen molar-refractivity contribution in [3.05, 3.63) is 0 Å². The molecule has 1 saturated heterocycles. The predicted octanol–water partition coefficient (Wildman–Crippen LogP) is -0.964. The maximum absolute atomic E-state index is 11.4. The van der Waals surface area contributed by atoms with E-state index in [1.807, 2.05) is 0 Å². The minimum absolute atomic E-state index is 0.133. The number of amides is 1. The van der Waals surface area contributed by atoms with Crippen LogP contribution in [-0.4, -0.2) is 53.2 Å². The van der Waals surface area contributed by atoms with Crippen molar-refractivity contribution in [3.8, 4) is 0 Å². The molecule has 3 N–H and O–H groups in total. The molecule has 6 heteroatoms. The molecular formula is C9H16N2O4. The summed E-state index contributed by atoms with van der Waals surface area (Å²) in [5, 5.41) is 8.43. The summed E-state index contributed by atoms with van der Waals surface area (Å²) in [6, 6.07) is -0.519. The van der Waals surface area contributed by atoms with Gasteiger partial charge in [-0.2, -0.15) is 0 Å². The van der Waals surface area contributed by atoms with Gasteiger partial charge in [-0.25, -0.2) is 4.79 Å². The lowest BCUT2D eigenvalue weighted by Crippen LogP contribution is -2.65. The molecule has 0 spiro atoms. The maximum Gasteiger partial charge on any atom is 0.329 e. The summed E-state index contributed by atoms with van der Waals surface area (Å²) in [5.74, 6) is -1.14. The molecule has 0 bridgehead atoms. The van der Waals surface area contributed by atoms with Crippen molar-refractivity contribution in [3.63, 3.8) is 0 Å². The van der Waals surface area contributed by atoms with Gasteiger partial charge in [-0.05, 0) is 13.8 Å². The van der Waals surface area contributed by atoms with Gasteiger partial charge >= 0.3 is 5.97 Å². The van der Waals surface area contributed by atoms with E-state index in [0.717, 1.165) is 0 Å². The summed E-state index contributed by atoms with van der Waals surface area (Å²) < 4.78 is 5.15. The van der Waals surface area contributed by atoms with Crippen molar-refractivity contribution >= 4 is 11.9 Å². The Morgan fingerprint density at radius 3 is 2.53 bits per heavy atom. The lowest BCUT2D eigenvalue weighted by atomic mass is 9.95. The number of likely N-dealkylation sites (tertiary alicyclic amines) is 1. The van der Waals surface area contributed by atoms with Gasteiger partial charge in [0.05, 0.1) is 19.1 Å². The molecule has 1 aliphatic heterocycles. The quantitative estimate of drug-likeness (QED) is 0.631. The summed E-state index contributed by atoms with van der Waals surface area (Å²) in [5.41, 5.74) is 4.89. The van der Waals surface area contributed by atoms with Crippen LogP contribution >= 0.6 is 0 Å². The molecule has 1 rings (SSSR count). The van der Waals surface area contributed by atoms with E-state index >= 15 is 0 Å². The Balaban J connectivity index is 2.34. The van der Waals surface area contributed by atoms with E-state index in [2.05, 4.69) is 0 Å². The summed E-state index contributed by atoms with van der Waals surface area (Å²) in [7, 11) is 0. The molecule has 0 saturated carbocycles. The number of carboxylic acids is 1. The lowest BCUT2D eigenvalue weighted by molar-refractivity contribution is -0.173. The van der Waals surface area contributed by atoms with Crippen molar-refractivity contribution in [2.24, 2.45) is 5.73 Å². The number of carbonyl (C=O) groups is 2. The standard InChI is InChI=1S/C9H16N2O4/c1-6(10)8(14)11-4-9(2,5-11)15-3-7(12)13/h6H,3-5,10H2,1-2H3,(H,12,13)/t6-/m1/s1. The van der Waals surface area contributed by atoms with E-state index in [1.54, 1.807) is 18.7 Å². The SMILES string of the molecule is C[C@@H](N)C(=O)N1CC(C)(OCC(=O)O)C1. The average molecular weight is 216 g/mol. The van der Waals surface area contributed by atoms with Crippen LogP contribution < -0.4 is 5.73 Å². The molecule has 1 amide bonds. The predicted molar refractivity (Wildman–Crippen MR) is 52.2 cm³/mol. The van der Waals surface area contributed by atoms with Gasteiger partial charge in [0.15, 0.2) is 0 Å². The van der Waals surface area contributed by atoms with Crippen molar-refractivity contribution in [1.29, 1.82) is 0 Å². The minimum Gasteiger partial charge on any atom is -0.480 e. The first kappa shape index (κ1) is 11.9. The first-order valence-electron chi connectivity index (χ1n) is 4.74. The molecule has 15 heavy (non-hydrogen) atoms. The third-order valence-corrected chi connectivity index (χ3v) is 2.30. The largest absolute Gasteiger partial charge is 0.480 e. The molecule has 0 unspecified atom stereocenters. The highest BCUT2D eigenvalue weighted by Gasteiger charge is 2.43. The highest BCUT2D eigenvalue weighted by Crippen LogP contribution is 2.24. The smallest absolute Gasteiger partial charge is 0.329 e. The summed E-state index contributed by atoms with van der Waals surface area (Å²) in [4.78, 5) is 23.2. The van der Waals surface area contributed by atoms with Crippen molar-refractivity contribution in [2.75, 3.05) is 19.7 Å². The van der Waals surface area contributed by atoms with Crippen LogP contribution in [0.2, 0.25) is 0 Å². The number of nitrogens with zero attached hydrogens (tertiary/aromatic N) is 1. The molecule has 1 heterocycles. The molecule has 0 radical (unpaired) electrons. The zero-order valence-electron chi connectivity index (χ0n) is 8.90. The third-order valence-electron chi connectivity index (χ3n) is 2.30. The van der Waals surface area contributed by atoms with Crippen LogP contribution in [0.25, 0.3) is 0 Å². The van der Waals surface area contributed by atoms with E-state index in [-0.39, 0.29) is 12.5 Å². The van der Waals surface area contributed by atoms with Crippen LogP contribution in [0.4, 0.5) is 0 Å². The van der Waals surface area contributed by atoms with Gasteiger partial charge in [0, 0.05) is 0 Å². The Morgan fingerprint density at radius 1 is 1.60 bits per heavy atom. The van der Waals surface area contributed by atoms with Gasteiger partial charge in [-0.3, -0.25) is 4.79 Å². The Labute approximate surface area is 88.0 Å². The number of carboxylic acid groups (broad SMARTS) is 1. The number of ether oxygens (including phenoxy) is 1. The highest BCUT2D eigenvalue weighted by atomic mass is 16.5. The first-order chi connectivity index (χ1) is 6.84. The molecule has 1 fully saturated rings. The molecule has 1 aliphatic rings. The van der Waals surface area contributed by atoms with Crippen LogP contribution in [0.3, 0.4) is 0 Å². The number of hydrogen-bond donors (Lipinski definition) is 2. The zero-order valence-corrected chi connectivity index (χ0v) is 8.90. The number of aliphatic carboxylic acids is 1. The highest BCUT2D eigenvalue weighted by molar-refractivity contribution is 5.82. The van der Waals surface area contributed by atoms with E-state index in [1.165, 1.54) is 0 Å². The van der Waals surface area contributed by atoms with Crippen molar-refractivity contribution in [1.82, 2.24) is 4.90 Å². The van der Waals surface area contributed by atoms with E-state index in [0.29, 0.717) is 13.1 Å². The number of nitrogens with two attached hydrogens (primary N) is 1. The number of rotatable bonds is 4. The average Bonchev–Trinajstić information content (AvgIpc) is 2.08. The van der Waals surface area contributed by atoms with Gasteiger partial charge in [-0.1, -0.05) is 0 Å². The fraction of sp³-hybridized carbons (Fsp3) is 0.778. The van der Waals surface area contributed by atoms with Crippen molar-refractivity contribution in [2.45, 2.75) is 25.5 Å². The third kappa shape index (κ3) is 2.90. The summed E-state index contributed by atoms with van der Waals surface area (Å²) >= 11 is 0. The van der Waals surface area contributed by atoms with Crippen LogP contribution in [0.1, 0.15) is 13.8 Å². The second kappa shape index (κ2) is 4.16. The molecule has 0 aliphatic carbocycles. The lowest BCUT2D eigenvalue weighted by Gasteiger charge is -2.47. The molecule has 1 atom stereocenters. The van der Waals surface area contributed by atoms with Gasteiger partial charge in [0.2, 0.25) is 5.91 Å². The first-order valence-corrected chi connectivity index (χ1v) is 4.74.